The minimum Gasteiger partial charge on any atom is -0.0654 e. The van der Waals surface area contributed by atoms with E-state index in [1.54, 1.807) is 0 Å². The molecular formula is C14H22. The Morgan fingerprint density at radius 2 is 1.71 bits per heavy atom. The van der Waals surface area contributed by atoms with Gasteiger partial charge in [-0.05, 0) is 23.3 Å². The van der Waals surface area contributed by atoms with Crippen molar-refractivity contribution in [2.24, 2.45) is 5.92 Å². The summed E-state index contributed by atoms with van der Waals surface area (Å²) in [6.07, 6.45) is 2.53. The second-order valence-corrected chi connectivity index (χ2v) is 4.69. The summed E-state index contributed by atoms with van der Waals surface area (Å²) < 4.78 is 0. The Balaban J connectivity index is 2.99. The smallest absolute Gasteiger partial charge is 0.00524 e. The van der Waals surface area contributed by atoms with Crippen LogP contribution in [0.3, 0.4) is 0 Å². The molecular weight excluding hydrogens is 168 g/mol. The van der Waals surface area contributed by atoms with Gasteiger partial charge in [0.05, 0.1) is 0 Å². The van der Waals surface area contributed by atoms with Crippen molar-refractivity contribution in [1.29, 1.82) is 0 Å². The third kappa shape index (κ3) is 2.17. The van der Waals surface area contributed by atoms with Crippen molar-refractivity contribution < 1.29 is 0 Å². The zero-order valence-corrected chi connectivity index (χ0v) is 9.88. The molecule has 0 aliphatic heterocycles. The first-order valence-corrected chi connectivity index (χ1v) is 5.66. The summed E-state index contributed by atoms with van der Waals surface area (Å²) in [5.74, 6) is 0.699. The summed E-state index contributed by atoms with van der Waals surface area (Å²) in [4.78, 5) is 0. The van der Waals surface area contributed by atoms with Crippen molar-refractivity contribution in [1.82, 2.24) is 0 Å². The van der Waals surface area contributed by atoms with E-state index in [0.29, 0.717) is 11.3 Å². The molecule has 0 amide bonds. The number of rotatable bonds is 4. The molecule has 0 radical (unpaired) electrons. The Morgan fingerprint density at radius 1 is 1.14 bits per heavy atom. The molecule has 0 aliphatic rings. The minimum absolute atomic E-state index is 0.343. The van der Waals surface area contributed by atoms with Gasteiger partial charge in [-0.2, -0.15) is 0 Å². The molecule has 0 bridgehead atoms. The van der Waals surface area contributed by atoms with E-state index in [2.05, 4.69) is 58.0 Å². The van der Waals surface area contributed by atoms with Crippen LogP contribution < -0.4 is 0 Å². The third-order valence-electron chi connectivity index (χ3n) is 3.48. The molecule has 14 heavy (non-hydrogen) atoms. The summed E-state index contributed by atoms with van der Waals surface area (Å²) in [5.41, 5.74) is 1.83. The van der Waals surface area contributed by atoms with E-state index in [-0.39, 0.29) is 0 Å². The van der Waals surface area contributed by atoms with E-state index in [1.807, 2.05) is 0 Å². The van der Waals surface area contributed by atoms with Gasteiger partial charge < -0.3 is 0 Å². The molecule has 1 unspecified atom stereocenters. The van der Waals surface area contributed by atoms with Crippen LogP contribution in [-0.2, 0) is 5.41 Å². The van der Waals surface area contributed by atoms with E-state index in [9.17, 15) is 0 Å². The Kier molecular flexibility index (Phi) is 3.74. The van der Waals surface area contributed by atoms with Crippen LogP contribution >= 0.6 is 0 Å². The maximum Gasteiger partial charge on any atom is -0.00524 e. The first kappa shape index (κ1) is 11.3. The summed E-state index contributed by atoms with van der Waals surface area (Å²) in [6.45, 7) is 9.30. The second-order valence-electron chi connectivity index (χ2n) is 4.69. The lowest BCUT2D eigenvalue weighted by Crippen LogP contribution is -2.28. The lowest BCUT2D eigenvalue weighted by Gasteiger charge is -2.34. The van der Waals surface area contributed by atoms with Gasteiger partial charge in [0.25, 0.3) is 0 Å². The monoisotopic (exact) mass is 190 g/mol. The van der Waals surface area contributed by atoms with E-state index in [0.717, 1.165) is 0 Å². The van der Waals surface area contributed by atoms with Crippen molar-refractivity contribution in [2.45, 2.75) is 46.0 Å². The Hall–Kier alpha value is -0.780. The molecule has 1 rings (SSSR count). The fraction of sp³-hybridized carbons (Fsp3) is 0.571. The summed E-state index contributed by atoms with van der Waals surface area (Å²) in [6, 6.07) is 10.9. The molecule has 1 aromatic carbocycles. The van der Waals surface area contributed by atoms with Crippen molar-refractivity contribution in [3.63, 3.8) is 0 Å². The van der Waals surface area contributed by atoms with Gasteiger partial charge in [0.15, 0.2) is 0 Å². The van der Waals surface area contributed by atoms with Crippen molar-refractivity contribution in [2.75, 3.05) is 0 Å². The molecule has 0 aliphatic carbocycles. The second kappa shape index (κ2) is 4.63. The molecule has 0 heterocycles. The zero-order chi connectivity index (χ0) is 10.6. The van der Waals surface area contributed by atoms with Gasteiger partial charge in [-0.3, -0.25) is 0 Å². The molecule has 0 fully saturated rings. The normalized spacial score (nSPS) is 15.5. The summed E-state index contributed by atoms with van der Waals surface area (Å²) in [5, 5.41) is 0. The lowest BCUT2D eigenvalue weighted by molar-refractivity contribution is 0.311. The topological polar surface area (TPSA) is 0 Å². The molecule has 0 aromatic heterocycles. The number of hydrogen-bond donors (Lipinski definition) is 0. The Labute approximate surface area is 88.4 Å². The average Bonchev–Trinajstić information content (AvgIpc) is 2.19. The zero-order valence-electron chi connectivity index (χ0n) is 9.88. The van der Waals surface area contributed by atoms with Crippen molar-refractivity contribution >= 4 is 0 Å². The standard InChI is InChI=1S/C14H22/c1-5-11-14(4,12(2)3)13-9-7-6-8-10-13/h6-10,12H,5,11H2,1-4H3. The first-order chi connectivity index (χ1) is 6.61. The molecule has 0 spiro atoms. The quantitative estimate of drug-likeness (QED) is 0.660. The fourth-order valence-corrected chi connectivity index (χ4v) is 2.10. The maximum absolute atomic E-state index is 2.39. The van der Waals surface area contributed by atoms with E-state index >= 15 is 0 Å². The van der Waals surface area contributed by atoms with Gasteiger partial charge >= 0.3 is 0 Å². The van der Waals surface area contributed by atoms with Gasteiger partial charge in [0.2, 0.25) is 0 Å². The highest BCUT2D eigenvalue weighted by Gasteiger charge is 2.28. The molecule has 0 heteroatoms. The van der Waals surface area contributed by atoms with Gasteiger partial charge in [0, 0.05) is 0 Å². The van der Waals surface area contributed by atoms with Crippen LogP contribution in [0.15, 0.2) is 30.3 Å². The van der Waals surface area contributed by atoms with Crippen molar-refractivity contribution in [3.8, 4) is 0 Å². The first-order valence-electron chi connectivity index (χ1n) is 5.66. The average molecular weight is 190 g/mol. The van der Waals surface area contributed by atoms with Crippen molar-refractivity contribution in [3.05, 3.63) is 35.9 Å². The predicted molar refractivity (Wildman–Crippen MR) is 63.5 cm³/mol. The van der Waals surface area contributed by atoms with E-state index in [4.69, 9.17) is 0 Å². The van der Waals surface area contributed by atoms with Crippen LogP contribution in [0.2, 0.25) is 0 Å². The highest BCUT2D eigenvalue weighted by Crippen LogP contribution is 2.36. The minimum atomic E-state index is 0.343. The molecule has 0 saturated carbocycles. The fourth-order valence-electron chi connectivity index (χ4n) is 2.10. The third-order valence-corrected chi connectivity index (χ3v) is 3.48. The van der Waals surface area contributed by atoms with Gasteiger partial charge in [-0.1, -0.05) is 64.4 Å². The van der Waals surface area contributed by atoms with Crippen LogP contribution in [-0.4, -0.2) is 0 Å². The van der Waals surface area contributed by atoms with Gasteiger partial charge in [-0.25, -0.2) is 0 Å². The van der Waals surface area contributed by atoms with E-state index < -0.39 is 0 Å². The highest BCUT2D eigenvalue weighted by atomic mass is 14.3. The molecule has 1 atom stereocenters. The maximum atomic E-state index is 2.39. The predicted octanol–water partition coefficient (Wildman–Crippen LogP) is 4.40. The number of benzene rings is 1. The SMILES string of the molecule is CCCC(C)(c1ccccc1)C(C)C. The van der Waals surface area contributed by atoms with Crippen LogP contribution in [0.4, 0.5) is 0 Å². The molecule has 1 aromatic rings. The van der Waals surface area contributed by atoms with Crippen LogP contribution in [0, 0.1) is 5.92 Å². The summed E-state index contributed by atoms with van der Waals surface area (Å²) in [7, 11) is 0. The Morgan fingerprint density at radius 3 is 2.14 bits per heavy atom. The van der Waals surface area contributed by atoms with Gasteiger partial charge in [-0.15, -0.1) is 0 Å². The molecule has 0 saturated heterocycles. The molecule has 0 N–H and O–H groups in total. The molecule has 0 nitrogen and oxygen atoms in total. The highest BCUT2D eigenvalue weighted by molar-refractivity contribution is 5.25. The number of hydrogen-bond acceptors (Lipinski definition) is 0. The Bertz CT molecular complexity index is 261. The van der Waals surface area contributed by atoms with Crippen LogP contribution in [0.25, 0.3) is 0 Å². The largest absolute Gasteiger partial charge is 0.0654 e. The van der Waals surface area contributed by atoms with Crippen LogP contribution in [0.5, 0.6) is 0 Å². The lowest BCUT2D eigenvalue weighted by atomic mass is 9.70. The summed E-state index contributed by atoms with van der Waals surface area (Å²) >= 11 is 0. The van der Waals surface area contributed by atoms with Crippen LogP contribution in [0.1, 0.15) is 46.1 Å². The van der Waals surface area contributed by atoms with Gasteiger partial charge in [0.1, 0.15) is 0 Å². The molecule has 78 valence electrons. The van der Waals surface area contributed by atoms with E-state index in [1.165, 1.54) is 18.4 Å².